The quantitative estimate of drug-likeness (QED) is 0.922. The number of sulfonamides is 1. The lowest BCUT2D eigenvalue weighted by Crippen LogP contribution is -2.28. The zero-order chi connectivity index (χ0) is 15.5. The Labute approximate surface area is 126 Å². The molecule has 0 aromatic heterocycles. The number of benzene rings is 2. The van der Waals surface area contributed by atoms with Crippen LogP contribution in [0.15, 0.2) is 53.4 Å². The summed E-state index contributed by atoms with van der Waals surface area (Å²) in [5, 5.41) is 0. The Bertz CT molecular complexity index is 727. The molecule has 0 aliphatic rings. The molecule has 0 aliphatic carbocycles. The van der Waals surface area contributed by atoms with Crippen molar-refractivity contribution in [2.24, 2.45) is 0 Å². The van der Waals surface area contributed by atoms with E-state index in [1.54, 1.807) is 32.0 Å². The maximum Gasteiger partial charge on any atom is 0.241 e. The van der Waals surface area contributed by atoms with Crippen LogP contribution in [-0.2, 0) is 16.6 Å². The van der Waals surface area contributed by atoms with Crippen molar-refractivity contribution in [3.63, 3.8) is 0 Å². The van der Waals surface area contributed by atoms with E-state index in [1.807, 2.05) is 30.3 Å². The third-order valence-electron chi connectivity index (χ3n) is 3.43. The maximum absolute atomic E-state index is 12.5. The molecule has 0 spiro atoms. The van der Waals surface area contributed by atoms with Gasteiger partial charge in [-0.15, -0.1) is 0 Å². The van der Waals surface area contributed by atoms with Gasteiger partial charge in [-0.05, 0) is 36.6 Å². The van der Waals surface area contributed by atoms with Gasteiger partial charge in [0, 0.05) is 12.6 Å². The van der Waals surface area contributed by atoms with Crippen molar-refractivity contribution in [1.82, 2.24) is 10.5 Å². The predicted octanol–water partition coefficient (Wildman–Crippen LogP) is 2.82. The van der Waals surface area contributed by atoms with Crippen LogP contribution >= 0.6 is 0 Å². The fourth-order valence-corrected chi connectivity index (χ4v) is 3.80. The maximum atomic E-state index is 12.5. The zero-order valence-corrected chi connectivity index (χ0v) is 12.9. The van der Waals surface area contributed by atoms with Gasteiger partial charge < -0.3 is 0 Å². The second-order valence-corrected chi connectivity index (χ2v) is 6.67. The van der Waals surface area contributed by atoms with Crippen LogP contribution < -0.4 is 10.5 Å². The SMILES string of the molecule is Cc1ccccc1S(=O)(=O)NC(C)c1ccccc1C[NH]. The van der Waals surface area contributed by atoms with Crippen molar-refractivity contribution in [1.29, 1.82) is 0 Å². The van der Waals surface area contributed by atoms with E-state index < -0.39 is 10.0 Å². The second-order valence-electron chi connectivity index (χ2n) is 4.98. The normalized spacial score (nSPS) is 13.1. The van der Waals surface area contributed by atoms with Crippen LogP contribution in [0.4, 0.5) is 0 Å². The molecule has 5 heteroatoms. The Kier molecular flexibility index (Phi) is 4.77. The van der Waals surface area contributed by atoms with E-state index in [9.17, 15) is 8.42 Å². The van der Waals surface area contributed by atoms with Crippen LogP contribution in [0.2, 0.25) is 0 Å². The molecule has 2 aromatic rings. The Balaban J connectivity index is 2.31. The van der Waals surface area contributed by atoms with Crippen molar-refractivity contribution in [3.8, 4) is 0 Å². The number of aryl methyl sites for hydroxylation is 1. The largest absolute Gasteiger partial charge is 0.253 e. The van der Waals surface area contributed by atoms with Crippen LogP contribution in [-0.4, -0.2) is 8.42 Å². The van der Waals surface area contributed by atoms with Gasteiger partial charge in [-0.2, -0.15) is 0 Å². The minimum atomic E-state index is -3.57. The first-order valence-electron chi connectivity index (χ1n) is 6.76. The zero-order valence-electron chi connectivity index (χ0n) is 12.1. The summed E-state index contributed by atoms with van der Waals surface area (Å²) in [4.78, 5) is 0.292. The lowest BCUT2D eigenvalue weighted by molar-refractivity contribution is 0.565. The number of nitrogens with one attached hydrogen (secondary N) is 2. The lowest BCUT2D eigenvalue weighted by atomic mass is 10.0. The third-order valence-corrected chi connectivity index (χ3v) is 5.13. The van der Waals surface area contributed by atoms with Crippen molar-refractivity contribution in [2.75, 3.05) is 0 Å². The Morgan fingerprint density at radius 2 is 1.71 bits per heavy atom. The molecule has 0 heterocycles. The van der Waals surface area contributed by atoms with Crippen molar-refractivity contribution < 1.29 is 8.42 Å². The van der Waals surface area contributed by atoms with Crippen LogP contribution in [0.5, 0.6) is 0 Å². The van der Waals surface area contributed by atoms with Crippen LogP contribution in [0.25, 0.3) is 0 Å². The number of hydrogen-bond donors (Lipinski definition) is 1. The van der Waals surface area contributed by atoms with Crippen molar-refractivity contribution in [3.05, 3.63) is 65.2 Å². The number of rotatable bonds is 5. The number of hydrogen-bond acceptors (Lipinski definition) is 2. The van der Waals surface area contributed by atoms with E-state index in [-0.39, 0.29) is 12.6 Å². The van der Waals surface area contributed by atoms with Crippen molar-refractivity contribution in [2.45, 2.75) is 31.3 Å². The Hall–Kier alpha value is -1.69. The summed E-state index contributed by atoms with van der Waals surface area (Å²) in [6.45, 7) is 3.70. The predicted molar refractivity (Wildman–Crippen MR) is 83.2 cm³/mol. The molecule has 0 bridgehead atoms. The highest BCUT2D eigenvalue weighted by Crippen LogP contribution is 2.21. The summed E-state index contributed by atoms with van der Waals surface area (Å²) in [5.41, 5.74) is 9.91. The summed E-state index contributed by atoms with van der Waals surface area (Å²) in [6, 6.07) is 13.9. The van der Waals surface area contributed by atoms with E-state index in [2.05, 4.69) is 4.72 Å². The molecule has 0 saturated carbocycles. The highest BCUT2D eigenvalue weighted by Gasteiger charge is 2.20. The minimum Gasteiger partial charge on any atom is -0.253 e. The molecule has 21 heavy (non-hydrogen) atoms. The van der Waals surface area contributed by atoms with E-state index in [0.717, 1.165) is 11.1 Å². The summed E-state index contributed by atoms with van der Waals surface area (Å²) in [5.74, 6) is 0. The van der Waals surface area contributed by atoms with E-state index in [1.165, 1.54) is 0 Å². The lowest BCUT2D eigenvalue weighted by Gasteiger charge is -2.18. The summed E-state index contributed by atoms with van der Waals surface area (Å²) in [7, 11) is -3.57. The summed E-state index contributed by atoms with van der Waals surface area (Å²) < 4.78 is 27.7. The fourth-order valence-electron chi connectivity index (χ4n) is 2.34. The van der Waals surface area contributed by atoms with Crippen LogP contribution in [0, 0.1) is 6.92 Å². The molecule has 1 radical (unpaired) electrons. The summed E-state index contributed by atoms with van der Waals surface area (Å²) in [6.07, 6.45) is 0. The monoisotopic (exact) mass is 303 g/mol. The van der Waals surface area contributed by atoms with Gasteiger partial charge in [0.2, 0.25) is 10.0 Å². The first-order valence-corrected chi connectivity index (χ1v) is 8.24. The standard InChI is InChI=1S/C16H19N2O2S/c1-12-7-3-6-10-16(12)21(19,20)18-13(2)15-9-5-4-8-14(15)11-17/h3-10,13,17-18H,11H2,1-2H3. The molecule has 111 valence electrons. The van der Waals surface area contributed by atoms with Gasteiger partial charge >= 0.3 is 0 Å². The first-order chi connectivity index (χ1) is 9.95. The van der Waals surface area contributed by atoms with Crippen LogP contribution in [0.3, 0.4) is 0 Å². The molecule has 4 nitrogen and oxygen atoms in total. The average Bonchev–Trinajstić information content (AvgIpc) is 2.47. The van der Waals surface area contributed by atoms with Gasteiger partial charge in [0.15, 0.2) is 0 Å². The van der Waals surface area contributed by atoms with Gasteiger partial charge in [-0.25, -0.2) is 13.1 Å². The smallest absolute Gasteiger partial charge is 0.241 e. The van der Waals surface area contributed by atoms with Gasteiger partial charge in [0.1, 0.15) is 0 Å². The van der Waals surface area contributed by atoms with E-state index in [4.69, 9.17) is 5.73 Å². The van der Waals surface area contributed by atoms with Gasteiger partial charge in [0.05, 0.1) is 4.90 Å². The van der Waals surface area contributed by atoms with Gasteiger partial charge in [0.25, 0.3) is 0 Å². The fraction of sp³-hybridized carbons (Fsp3) is 0.250. The molecular weight excluding hydrogens is 284 g/mol. The molecule has 0 aliphatic heterocycles. The summed E-state index contributed by atoms with van der Waals surface area (Å²) >= 11 is 0. The van der Waals surface area contributed by atoms with E-state index >= 15 is 0 Å². The molecule has 1 unspecified atom stereocenters. The molecular formula is C16H19N2O2S. The third kappa shape index (κ3) is 3.50. The Morgan fingerprint density at radius 1 is 1.10 bits per heavy atom. The molecule has 2 aromatic carbocycles. The molecule has 1 atom stereocenters. The topological polar surface area (TPSA) is 70.0 Å². The Morgan fingerprint density at radius 3 is 2.38 bits per heavy atom. The molecule has 2 N–H and O–H groups in total. The first kappa shape index (κ1) is 15.7. The second kappa shape index (κ2) is 6.39. The molecule has 0 amide bonds. The van der Waals surface area contributed by atoms with E-state index in [0.29, 0.717) is 10.5 Å². The van der Waals surface area contributed by atoms with Gasteiger partial charge in [-0.1, -0.05) is 42.5 Å². The highest BCUT2D eigenvalue weighted by molar-refractivity contribution is 7.89. The van der Waals surface area contributed by atoms with Gasteiger partial charge in [-0.3, -0.25) is 5.73 Å². The van der Waals surface area contributed by atoms with Crippen LogP contribution in [0.1, 0.15) is 29.7 Å². The highest BCUT2D eigenvalue weighted by atomic mass is 32.2. The van der Waals surface area contributed by atoms with Crippen molar-refractivity contribution >= 4 is 10.0 Å². The average molecular weight is 303 g/mol. The molecule has 0 fully saturated rings. The minimum absolute atomic E-state index is 0.132. The molecule has 0 saturated heterocycles. The molecule has 2 rings (SSSR count).